The van der Waals surface area contributed by atoms with Crippen LogP contribution in [0.3, 0.4) is 0 Å². The van der Waals surface area contributed by atoms with Crippen molar-refractivity contribution in [3.63, 3.8) is 0 Å². The fourth-order valence-electron chi connectivity index (χ4n) is 2.94. The quantitative estimate of drug-likeness (QED) is 0.771. The fourth-order valence-corrected chi connectivity index (χ4v) is 2.94. The molecule has 1 aliphatic rings. The van der Waals surface area contributed by atoms with E-state index in [9.17, 15) is 9.65 Å². The van der Waals surface area contributed by atoms with E-state index >= 15 is 0 Å². The number of allylic oxidation sites excluding steroid dienone is 1. The lowest BCUT2D eigenvalue weighted by atomic mass is 9.84. The number of fused-ring (bicyclic) bond motifs is 1. The van der Waals surface area contributed by atoms with E-state index < -0.39 is 5.82 Å². The Kier molecular flexibility index (Phi) is 3.99. The first-order valence-corrected chi connectivity index (χ1v) is 7.41. The standard InChI is InChI=1S/C20H16FNO/c1-13(23-2)15-10-9-14-5-3-6-16(18(14)11-15)17-7-4-8-20(21)19(17)12-22/h4,6-11H,1,3,5H2,2H3. The van der Waals surface area contributed by atoms with Gasteiger partial charge in [-0.25, -0.2) is 4.39 Å². The molecule has 0 heterocycles. The van der Waals surface area contributed by atoms with Crippen molar-refractivity contribution < 1.29 is 9.13 Å². The molecule has 0 saturated heterocycles. The lowest BCUT2D eigenvalue weighted by molar-refractivity contribution is 0.371. The zero-order valence-electron chi connectivity index (χ0n) is 12.9. The molecule has 2 nitrogen and oxygen atoms in total. The Labute approximate surface area is 135 Å². The molecule has 0 N–H and O–H groups in total. The summed E-state index contributed by atoms with van der Waals surface area (Å²) in [5, 5.41) is 9.31. The summed E-state index contributed by atoms with van der Waals surface area (Å²) in [7, 11) is 1.58. The Hall–Kier alpha value is -2.86. The number of hydrogen-bond acceptors (Lipinski definition) is 2. The van der Waals surface area contributed by atoms with E-state index in [4.69, 9.17) is 4.74 Å². The predicted molar refractivity (Wildman–Crippen MR) is 89.0 cm³/mol. The van der Waals surface area contributed by atoms with Gasteiger partial charge in [-0.05, 0) is 41.7 Å². The van der Waals surface area contributed by atoms with Crippen LogP contribution in [0.5, 0.6) is 0 Å². The molecule has 2 aromatic rings. The molecule has 0 amide bonds. The first kappa shape index (κ1) is 15.1. The summed E-state index contributed by atoms with van der Waals surface area (Å²) < 4.78 is 19.2. The average molecular weight is 305 g/mol. The zero-order valence-corrected chi connectivity index (χ0v) is 12.9. The third-order valence-corrected chi connectivity index (χ3v) is 4.15. The highest BCUT2D eigenvalue weighted by Gasteiger charge is 2.19. The SMILES string of the molecule is C=C(OC)c1ccc2c(c1)C(c1cccc(F)c1C#N)=CCC2. The van der Waals surface area contributed by atoms with Gasteiger partial charge in [0.2, 0.25) is 0 Å². The van der Waals surface area contributed by atoms with Crippen molar-refractivity contribution in [3.05, 3.63) is 82.7 Å². The molecule has 0 atom stereocenters. The second kappa shape index (κ2) is 6.10. The van der Waals surface area contributed by atoms with Crippen molar-refractivity contribution in [2.24, 2.45) is 0 Å². The van der Waals surface area contributed by atoms with E-state index in [1.807, 2.05) is 24.3 Å². The summed E-state index contributed by atoms with van der Waals surface area (Å²) in [4.78, 5) is 0. The van der Waals surface area contributed by atoms with Gasteiger partial charge in [0.15, 0.2) is 0 Å². The number of aryl methyl sites for hydroxylation is 1. The zero-order chi connectivity index (χ0) is 16.4. The van der Waals surface area contributed by atoms with Gasteiger partial charge in [-0.1, -0.05) is 36.9 Å². The number of rotatable bonds is 3. The normalized spacial score (nSPS) is 12.8. The highest BCUT2D eigenvalue weighted by atomic mass is 19.1. The summed E-state index contributed by atoms with van der Waals surface area (Å²) in [6.45, 7) is 3.88. The molecule has 2 aromatic carbocycles. The van der Waals surface area contributed by atoms with Crippen molar-refractivity contribution in [1.82, 2.24) is 0 Å². The van der Waals surface area contributed by atoms with Crippen LogP contribution >= 0.6 is 0 Å². The molecule has 3 heteroatoms. The molecule has 114 valence electrons. The third kappa shape index (κ3) is 2.64. The van der Waals surface area contributed by atoms with Gasteiger partial charge in [0.25, 0.3) is 0 Å². The molecular weight excluding hydrogens is 289 g/mol. The van der Waals surface area contributed by atoms with Gasteiger partial charge in [-0.3, -0.25) is 0 Å². The minimum absolute atomic E-state index is 0.0857. The Bertz CT molecular complexity index is 858. The first-order chi connectivity index (χ1) is 11.2. The summed E-state index contributed by atoms with van der Waals surface area (Å²) in [5.74, 6) is 0.0907. The lowest BCUT2D eigenvalue weighted by Crippen LogP contribution is -2.04. The summed E-state index contributed by atoms with van der Waals surface area (Å²) in [6.07, 6.45) is 3.86. The van der Waals surface area contributed by atoms with Crippen LogP contribution in [0.25, 0.3) is 11.3 Å². The number of benzene rings is 2. The molecule has 0 unspecified atom stereocenters. The number of nitriles is 1. The molecule has 3 rings (SSSR count). The second-order valence-corrected chi connectivity index (χ2v) is 5.43. The van der Waals surface area contributed by atoms with Crippen molar-refractivity contribution in [1.29, 1.82) is 5.26 Å². The molecular formula is C20H16FNO. The van der Waals surface area contributed by atoms with Crippen LogP contribution in [-0.4, -0.2) is 7.11 Å². The van der Waals surface area contributed by atoms with Gasteiger partial charge in [0.1, 0.15) is 17.6 Å². The number of hydrogen-bond donors (Lipinski definition) is 0. The third-order valence-electron chi connectivity index (χ3n) is 4.15. The van der Waals surface area contributed by atoms with E-state index in [2.05, 4.69) is 12.7 Å². The Balaban J connectivity index is 2.18. The molecule has 23 heavy (non-hydrogen) atoms. The maximum Gasteiger partial charge on any atom is 0.141 e. The fraction of sp³-hybridized carbons (Fsp3) is 0.150. The van der Waals surface area contributed by atoms with E-state index in [1.54, 1.807) is 19.2 Å². The van der Waals surface area contributed by atoms with Crippen molar-refractivity contribution in [2.45, 2.75) is 12.8 Å². The number of methoxy groups -OCH3 is 1. The Morgan fingerprint density at radius 1 is 1.26 bits per heavy atom. The van der Waals surface area contributed by atoms with Crippen molar-refractivity contribution >= 4 is 11.3 Å². The number of halogens is 1. The van der Waals surface area contributed by atoms with E-state index in [1.165, 1.54) is 11.6 Å². The van der Waals surface area contributed by atoms with Crippen LogP contribution in [0.15, 0.2) is 49.1 Å². The predicted octanol–water partition coefficient (Wildman–Crippen LogP) is 4.69. The maximum atomic E-state index is 14.0. The van der Waals surface area contributed by atoms with Crippen LogP contribution in [0.2, 0.25) is 0 Å². The molecule has 0 fully saturated rings. The Morgan fingerprint density at radius 3 is 2.83 bits per heavy atom. The highest BCUT2D eigenvalue weighted by Crippen LogP contribution is 2.35. The molecule has 0 bridgehead atoms. The van der Waals surface area contributed by atoms with Crippen LogP contribution in [0.1, 0.15) is 34.2 Å². The van der Waals surface area contributed by atoms with Gasteiger partial charge in [0, 0.05) is 11.1 Å². The summed E-state index contributed by atoms with van der Waals surface area (Å²) in [6, 6.07) is 12.8. The molecule has 0 saturated carbocycles. The van der Waals surface area contributed by atoms with Crippen LogP contribution < -0.4 is 0 Å². The van der Waals surface area contributed by atoms with E-state index in [0.717, 1.165) is 29.5 Å². The van der Waals surface area contributed by atoms with E-state index in [0.29, 0.717) is 11.3 Å². The number of ether oxygens (including phenoxy) is 1. The van der Waals surface area contributed by atoms with Crippen molar-refractivity contribution in [3.8, 4) is 6.07 Å². The summed E-state index contributed by atoms with van der Waals surface area (Å²) >= 11 is 0. The average Bonchev–Trinajstić information content (AvgIpc) is 2.59. The smallest absolute Gasteiger partial charge is 0.141 e. The molecule has 0 aromatic heterocycles. The van der Waals surface area contributed by atoms with Gasteiger partial charge in [0.05, 0.1) is 12.7 Å². The van der Waals surface area contributed by atoms with Crippen LogP contribution in [0, 0.1) is 17.1 Å². The molecule has 0 spiro atoms. The minimum Gasteiger partial charge on any atom is -0.497 e. The van der Waals surface area contributed by atoms with Crippen LogP contribution in [0.4, 0.5) is 4.39 Å². The monoisotopic (exact) mass is 305 g/mol. The van der Waals surface area contributed by atoms with Gasteiger partial charge < -0.3 is 4.74 Å². The van der Waals surface area contributed by atoms with E-state index in [-0.39, 0.29) is 5.56 Å². The van der Waals surface area contributed by atoms with Gasteiger partial charge in [-0.2, -0.15) is 5.26 Å². The maximum absolute atomic E-state index is 14.0. The highest BCUT2D eigenvalue weighted by molar-refractivity contribution is 5.86. The first-order valence-electron chi connectivity index (χ1n) is 7.41. The number of nitrogens with zero attached hydrogens (tertiary/aromatic N) is 1. The van der Waals surface area contributed by atoms with Gasteiger partial charge in [-0.15, -0.1) is 0 Å². The topological polar surface area (TPSA) is 33.0 Å². The largest absolute Gasteiger partial charge is 0.497 e. The molecule has 0 aliphatic heterocycles. The molecule has 0 radical (unpaired) electrons. The lowest BCUT2D eigenvalue weighted by Gasteiger charge is -2.20. The second-order valence-electron chi connectivity index (χ2n) is 5.43. The van der Waals surface area contributed by atoms with Crippen LogP contribution in [-0.2, 0) is 11.2 Å². The molecule has 1 aliphatic carbocycles. The van der Waals surface area contributed by atoms with Gasteiger partial charge >= 0.3 is 0 Å². The Morgan fingerprint density at radius 2 is 2.09 bits per heavy atom. The minimum atomic E-state index is -0.490. The summed E-state index contributed by atoms with van der Waals surface area (Å²) in [5.41, 5.74) is 4.69. The van der Waals surface area contributed by atoms with Crippen molar-refractivity contribution in [2.75, 3.05) is 7.11 Å².